The summed E-state index contributed by atoms with van der Waals surface area (Å²) in [6.45, 7) is 1.76. The SMILES string of the molecule is Cc1nc(Cl)c([N+](=O)[O-])cc1-c1ccncc1. The standard InChI is InChI=1S/C11H8ClN3O2/c1-7-9(8-2-4-13-5-3-8)6-10(15(16)17)11(12)14-7/h2-6H,1H3. The van der Waals surface area contributed by atoms with Gasteiger partial charge in [0.1, 0.15) is 0 Å². The Bertz CT molecular complexity index is 572. The number of hydrogen-bond donors (Lipinski definition) is 0. The lowest BCUT2D eigenvalue weighted by Crippen LogP contribution is -1.96. The molecule has 6 heteroatoms. The van der Waals surface area contributed by atoms with Crippen molar-refractivity contribution in [2.75, 3.05) is 0 Å². The van der Waals surface area contributed by atoms with Crippen molar-refractivity contribution in [3.63, 3.8) is 0 Å². The highest BCUT2D eigenvalue weighted by Crippen LogP contribution is 2.30. The molecule has 0 aromatic carbocycles. The molecule has 0 aliphatic heterocycles. The Morgan fingerprint density at radius 3 is 2.59 bits per heavy atom. The van der Waals surface area contributed by atoms with Crippen LogP contribution in [0.3, 0.4) is 0 Å². The molecule has 0 aliphatic carbocycles. The van der Waals surface area contributed by atoms with Gasteiger partial charge in [-0.3, -0.25) is 15.1 Å². The van der Waals surface area contributed by atoms with Gasteiger partial charge in [0, 0.05) is 29.7 Å². The van der Waals surface area contributed by atoms with Crippen LogP contribution in [0, 0.1) is 17.0 Å². The molecule has 0 amide bonds. The topological polar surface area (TPSA) is 68.9 Å². The quantitative estimate of drug-likeness (QED) is 0.466. The summed E-state index contributed by atoms with van der Waals surface area (Å²) in [5.41, 5.74) is 1.96. The number of aryl methyl sites for hydroxylation is 1. The van der Waals surface area contributed by atoms with Crippen molar-refractivity contribution in [1.29, 1.82) is 0 Å². The predicted molar refractivity (Wildman–Crippen MR) is 63.9 cm³/mol. The Kier molecular flexibility index (Phi) is 3.01. The molecule has 5 nitrogen and oxygen atoms in total. The second-order valence-corrected chi connectivity index (χ2v) is 3.78. The van der Waals surface area contributed by atoms with E-state index in [1.807, 2.05) is 0 Å². The van der Waals surface area contributed by atoms with E-state index < -0.39 is 4.92 Å². The maximum Gasteiger partial charge on any atom is 0.307 e. The first-order chi connectivity index (χ1) is 8.09. The summed E-state index contributed by atoms with van der Waals surface area (Å²) in [5, 5.41) is 10.7. The average Bonchev–Trinajstić information content (AvgIpc) is 2.29. The van der Waals surface area contributed by atoms with Gasteiger partial charge in [-0.2, -0.15) is 0 Å². The molecule has 0 spiro atoms. The van der Waals surface area contributed by atoms with E-state index in [1.165, 1.54) is 6.07 Å². The number of halogens is 1. The minimum absolute atomic E-state index is 0.0923. The van der Waals surface area contributed by atoms with Crippen molar-refractivity contribution in [3.8, 4) is 11.1 Å². The Balaban J connectivity index is 2.63. The molecule has 0 N–H and O–H groups in total. The van der Waals surface area contributed by atoms with Crippen molar-refractivity contribution >= 4 is 17.3 Å². The van der Waals surface area contributed by atoms with E-state index in [0.717, 1.165) is 5.56 Å². The highest BCUT2D eigenvalue weighted by Gasteiger charge is 2.17. The molecule has 2 aromatic heterocycles. The number of nitro groups is 1. The van der Waals surface area contributed by atoms with E-state index in [9.17, 15) is 10.1 Å². The van der Waals surface area contributed by atoms with Crippen molar-refractivity contribution in [3.05, 3.63) is 51.6 Å². The summed E-state index contributed by atoms with van der Waals surface area (Å²) < 4.78 is 0. The van der Waals surface area contributed by atoms with Gasteiger partial charge < -0.3 is 0 Å². The number of aromatic nitrogens is 2. The third-order valence-corrected chi connectivity index (χ3v) is 2.61. The normalized spacial score (nSPS) is 10.2. The Labute approximate surface area is 102 Å². The summed E-state index contributed by atoms with van der Waals surface area (Å²) >= 11 is 5.72. The summed E-state index contributed by atoms with van der Waals surface area (Å²) in [4.78, 5) is 18.1. The molecule has 0 aliphatic rings. The zero-order valence-corrected chi connectivity index (χ0v) is 9.68. The molecule has 0 bridgehead atoms. The van der Waals surface area contributed by atoms with E-state index in [2.05, 4.69) is 9.97 Å². The van der Waals surface area contributed by atoms with Crippen LogP contribution in [0.4, 0.5) is 5.69 Å². The van der Waals surface area contributed by atoms with Gasteiger partial charge in [-0.15, -0.1) is 0 Å². The molecule has 17 heavy (non-hydrogen) atoms. The van der Waals surface area contributed by atoms with Crippen LogP contribution < -0.4 is 0 Å². The Morgan fingerprint density at radius 2 is 2.00 bits per heavy atom. The van der Waals surface area contributed by atoms with Crippen LogP contribution in [0.2, 0.25) is 5.15 Å². The molecule has 0 atom stereocenters. The highest BCUT2D eigenvalue weighted by atomic mass is 35.5. The summed E-state index contributed by atoms with van der Waals surface area (Å²) in [6, 6.07) is 4.96. The van der Waals surface area contributed by atoms with E-state index in [4.69, 9.17) is 11.6 Å². The molecular formula is C11H8ClN3O2. The van der Waals surface area contributed by atoms with Crippen LogP contribution in [-0.2, 0) is 0 Å². The van der Waals surface area contributed by atoms with Crippen molar-refractivity contribution in [1.82, 2.24) is 9.97 Å². The zero-order valence-electron chi connectivity index (χ0n) is 8.92. The van der Waals surface area contributed by atoms with E-state index >= 15 is 0 Å². The fourth-order valence-electron chi connectivity index (χ4n) is 1.52. The first kappa shape index (κ1) is 11.5. The van der Waals surface area contributed by atoms with Gasteiger partial charge in [-0.1, -0.05) is 11.6 Å². The Hall–Kier alpha value is -2.01. The number of pyridine rings is 2. The van der Waals surface area contributed by atoms with Gasteiger partial charge in [-0.05, 0) is 24.6 Å². The molecule has 2 rings (SSSR count). The van der Waals surface area contributed by atoms with E-state index in [0.29, 0.717) is 11.3 Å². The van der Waals surface area contributed by atoms with E-state index in [-0.39, 0.29) is 10.8 Å². The summed E-state index contributed by atoms with van der Waals surface area (Å²) in [6.07, 6.45) is 3.24. The molecule has 2 heterocycles. The second kappa shape index (κ2) is 4.47. The number of hydrogen-bond acceptors (Lipinski definition) is 4. The van der Waals surface area contributed by atoms with Gasteiger partial charge in [-0.25, -0.2) is 4.98 Å². The van der Waals surface area contributed by atoms with Crippen molar-refractivity contribution in [2.24, 2.45) is 0 Å². The fraction of sp³-hybridized carbons (Fsp3) is 0.0909. The van der Waals surface area contributed by atoms with Crippen LogP contribution in [0.15, 0.2) is 30.6 Å². The molecule has 2 aromatic rings. The summed E-state index contributed by atoms with van der Waals surface area (Å²) in [7, 11) is 0. The van der Waals surface area contributed by atoms with Crippen molar-refractivity contribution in [2.45, 2.75) is 6.92 Å². The monoisotopic (exact) mass is 249 g/mol. The third kappa shape index (κ3) is 2.24. The molecule has 0 saturated carbocycles. The lowest BCUT2D eigenvalue weighted by Gasteiger charge is -2.05. The molecule has 0 fully saturated rings. The smallest absolute Gasteiger partial charge is 0.265 e. The lowest BCUT2D eigenvalue weighted by molar-refractivity contribution is -0.385. The van der Waals surface area contributed by atoms with Crippen LogP contribution >= 0.6 is 11.6 Å². The van der Waals surface area contributed by atoms with Gasteiger partial charge >= 0.3 is 5.69 Å². The average molecular weight is 250 g/mol. The third-order valence-electron chi connectivity index (χ3n) is 2.34. The molecule has 0 saturated heterocycles. The van der Waals surface area contributed by atoms with Crippen LogP contribution in [0.1, 0.15) is 5.69 Å². The first-order valence-electron chi connectivity index (χ1n) is 4.81. The molecular weight excluding hydrogens is 242 g/mol. The minimum Gasteiger partial charge on any atom is -0.265 e. The molecule has 0 radical (unpaired) electrons. The Morgan fingerprint density at radius 1 is 1.35 bits per heavy atom. The summed E-state index contributed by atoms with van der Waals surface area (Å²) in [5.74, 6) is 0. The maximum absolute atomic E-state index is 10.8. The lowest BCUT2D eigenvalue weighted by atomic mass is 10.1. The highest BCUT2D eigenvalue weighted by molar-refractivity contribution is 6.31. The molecule has 86 valence electrons. The first-order valence-corrected chi connectivity index (χ1v) is 5.19. The van der Waals surface area contributed by atoms with Crippen LogP contribution in [-0.4, -0.2) is 14.9 Å². The maximum atomic E-state index is 10.8. The second-order valence-electron chi connectivity index (χ2n) is 3.42. The molecule has 0 unspecified atom stereocenters. The van der Waals surface area contributed by atoms with Crippen LogP contribution in [0.5, 0.6) is 0 Å². The number of nitrogens with zero attached hydrogens (tertiary/aromatic N) is 3. The van der Waals surface area contributed by atoms with Crippen LogP contribution in [0.25, 0.3) is 11.1 Å². The van der Waals surface area contributed by atoms with E-state index in [1.54, 1.807) is 31.5 Å². The predicted octanol–water partition coefficient (Wildman–Crippen LogP) is 3.01. The zero-order chi connectivity index (χ0) is 12.4. The largest absolute Gasteiger partial charge is 0.307 e. The fourth-order valence-corrected chi connectivity index (χ4v) is 1.77. The van der Waals surface area contributed by atoms with Gasteiger partial charge in [0.15, 0.2) is 0 Å². The van der Waals surface area contributed by atoms with Gasteiger partial charge in [0.2, 0.25) is 5.15 Å². The number of rotatable bonds is 2. The van der Waals surface area contributed by atoms with Gasteiger partial charge in [0.05, 0.1) is 4.92 Å². The minimum atomic E-state index is -0.542. The van der Waals surface area contributed by atoms with Gasteiger partial charge in [0.25, 0.3) is 0 Å². The van der Waals surface area contributed by atoms with Crippen molar-refractivity contribution < 1.29 is 4.92 Å².